The van der Waals surface area contributed by atoms with Crippen molar-refractivity contribution in [3.05, 3.63) is 112 Å². The lowest BCUT2D eigenvalue weighted by molar-refractivity contribution is -0.147. The Morgan fingerprint density at radius 3 is 2.27 bits per heavy atom. The summed E-state index contributed by atoms with van der Waals surface area (Å²) in [6.07, 6.45) is -1.95. The van der Waals surface area contributed by atoms with E-state index in [9.17, 15) is 29.0 Å². The quantitative estimate of drug-likeness (QED) is 0.243. The van der Waals surface area contributed by atoms with Gasteiger partial charge in [-0.1, -0.05) is 66.2 Å². The van der Waals surface area contributed by atoms with Crippen molar-refractivity contribution in [1.82, 2.24) is 14.7 Å². The molecular weight excluding hydrogens is 541 g/mol. The van der Waals surface area contributed by atoms with Crippen LogP contribution in [0.15, 0.2) is 78.9 Å². The zero-order valence-electron chi connectivity index (χ0n) is 21.1. The molecule has 0 bridgehead atoms. The van der Waals surface area contributed by atoms with Crippen LogP contribution in [0.2, 0.25) is 5.02 Å². The summed E-state index contributed by atoms with van der Waals surface area (Å²) in [5.74, 6) is -4.02. The molecule has 0 aliphatic rings. The van der Waals surface area contributed by atoms with Crippen LogP contribution in [-0.2, 0) is 17.9 Å². The van der Waals surface area contributed by atoms with Crippen molar-refractivity contribution in [1.29, 1.82) is 0 Å². The van der Waals surface area contributed by atoms with Gasteiger partial charge in [-0.05, 0) is 40.5 Å². The monoisotopic (exact) mass is 565 g/mol. The van der Waals surface area contributed by atoms with Crippen LogP contribution >= 0.6 is 11.6 Å². The normalized spacial score (nSPS) is 11.7. The van der Waals surface area contributed by atoms with Crippen molar-refractivity contribution < 1.29 is 34.1 Å². The van der Waals surface area contributed by atoms with Gasteiger partial charge in [-0.2, -0.15) is 5.10 Å². The lowest BCUT2D eigenvalue weighted by Crippen LogP contribution is -2.35. The van der Waals surface area contributed by atoms with Crippen molar-refractivity contribution in [3.8, 4) is 11.1 Å². The molecule has 1 heterocycles. The first kappa shape index (κ1) is 28.5. The molecule has 0 saturated carbocycles. The highest BCUT2D eigenvalue weighted by molar-refractivity contribution is 6.31. The van der Waals surface area contributed by atoms with E-state index in [0.29, 0.717) is 0 Å². The van der Waals surface area contributed by atoms with Gasteiger partial charge in [0, 0.05) is 30.6 Å². The SMILES string of the molecule is O=C(O)c1cc(C(=O)N(CCC(O)C(=O)O)Cc2ccc(-c3ccccc3)cc2)nn1Cc1cc(F)ccc1Cl. The van der Waals surface area contributed by atoms with E-state index in [4.69, 9.17) is 16.7 Å². The molecule has 3 aromatic carbocycles. The summed E-state index contributed by atoms with van der Waals surface area (Å²) < 4.78 is 14.8. The molecule has 40 heavy (non-hydrogen) atoms. The van der Waals surface area contributed by atoms with E-state index in [1.54, 1.807) is 0 Å². The number of amides is 1. The predicted octanol–water partition coefficient (Wildman–Crippen LogP) is 4.57. The molecule has 1 aromatic heterocycles. The summed E-state index contributed by atoms with van der Waals surface area (Å²) in [5.41, 5.74) is 2.44. The van der Waals surface area contributed by atoms with Gasteiger partial charge < -0.3 is 20.2 Å². The van der Waals surface area contributed by atoms with E-state index in [0.717, 1.165) is 39.6 Å². The Balaban J connectivity index is 1.61. The lowest BCUT2D eigenvalue weighted by atomic mass is 10.0. The maximum Gasteiger partial charge on any atom is 0.354 e. The summed E-state index contributed by atoms with van der Waals surface area (Å²) >= 11 is 6.13. The number of carbonyl (C=O) groups excluding carboxylic acids is 1. The molecule has 9 nitrogen and oxygen atoms in total. The van der Waals surface area contributed by atoms with Crippen LogP contribution in [0.1, 0.15) is 38.5 Å². The second kappa shape index (κ2) is 12.5. The Bertz CT molecular complexity index is 1520. The van der Waals surface area contributed by atoms with E-state index in [1.807, 2.05) is 54.6 Å². The van der Waals surface area contributed by atoms with Crippen LogP contribution in [0, 0.1) is 5.82 Å². The van der Waals surface area contributed by atoms with Crippen LogP contribution in [-0.4, -0.2) is 60.5 Å². The number of halogens is 2. The summed E-state index contributed by atoms with van der Waals surface area (Å²) in [7, 11) is 0. The van der Waals surface area contributed by atoms with Gasteiger partial charge in [0.2, 0.25) is 0 Å². The molecule has 4 rings (SSSR count). The third-order valence-electron chi connectivity index (χ3n) is 6.23. The lowest BCUT2D eigenvalue weighted by Gasteiger charge is -2.23. The molecule has 1 amide bonds. The zero-order chi connectivity index (χ0) is 28.8. The highest BCUT2D eigenvalue weighted by Gasteiger charge is 2.25. The molecule has 0 aliphatic heterocycles. The third-order valence-corrected chi connectivity index (χ3v) is 6.59. The number of carboxylic acid groups (broad SMARTS) is 2. The van der Waals surface area contributed by atoms with Crippen molar-refractivity contribution >= 4 is 29.4 Å². The van der Waals surface area contributed by atoms with E-state index < -0.39 is 29.8 Å². The van der Waals surface area contributed by atoms with Gasteiger partial charge in [0.05, 0.1) is 6.54 Å². The number of aliphatic hydroxyl groups is 1. The number of aliphatic hydroxyl groups excluding tert-OH is 1. The minimum atomic E-state index is -1.70. The second-order valence-electron chi connectivity index (χ2n) is 9.05. The first-order chi connectivity index (χ1) is 19.1. The highest BCUT2D eigenvalue weighted by Crippen LogP contribution is 2.22. The van der Waals surface area contributed by atoms with Crippen LogP contribution in [0.4, 0.5) is 4.39 Å². The van der Waals surface area contributed by atoms with Crippen LogP contribution < -0.4 is 0 Å². The third kappa shape index (κ3) is 6.90. The average Bonchev–Trinajstić information content (AvgIpc) is 3.37. The van der Waals surface area contributed by atoms with Crippen molar-refractivity contribution in [2.45, 2.75) is 25.6 Å². The number of hydrogen-bond acceptors (Lipinski definition) is 5. The molecule has 0 radical (unpaired) electrons. The highest BCUT2D eigenvalue weighted by atomic mass is 35.5. The van der Waals surface area contributed by atoms with Gasteiger partial charge >= 0.3 is 11.9 Å². The minimum absolute atomic E-state index is 0.0469. The van der Waals surface area contributed by atoms with Crippen LogP contribution in [0.3, 0.4) is 0 Å². The van der Waals surface area contributed by atoms with Crippen LogP contribution in [0.5, 0.6) is 0 Å². The molecule has 3 N–H and O–H groups in total. The maximum absolute atomic E-state index is 13.8. The van der Waals surface area contributed by atoms with Gasteiger partial charge in [0.15, 0.2) is 11.8 Å². The topological polar surface area (TPSA) is 133 Å². The summed E-state index contributed by atoms with van der Waals surface area (Å²) in [6.45, 7) is -0.298. The molecule has 11 heteroatoms. The Morgan fingerprint density at radius 2 is 1.62 bits per heavy atom. The molecular formula is C29H25ClFN3O6. The van der Waals surface area contributed by atoms with Crippen LogP contribution in [0.25, 0.3) is 11.1 Å². The molecule has 0 saturated heterocycles. The smallest absolute Gasteiger partial charge is 0.354 e. The maximum atomic E-state index is 13.8. The van der Waals surface area contributed by atoms with Gasteiger partial charge in [-0.3, -0.25) is 9.48 Å². The Hall–Kier alpha value is -4.54. The molecule has 4 aromatic rings. The van der Waals surface area contributed by atoms with Gasteiger partial charge in [0.1, 0.15) is 11.5 Å². The number of nitrogens with zero attached hydrogens (tertiary/aromatic N) is 3. The number of carboxylic acids is 2. The van der Waals surface area contributed by atoms with Gasteiger partial charge in [-0.15, -0.1) is 0 Å². The van der Waals surface area contributed by atoms with E-state index in [-0.39, 0.29) is 48.0 Å². The van der Waals surface area contributed by atoms with Crippen molar-refractivity contribution in [2.24, 2.45) is 0 Å². The fraction of sp³-hybridized carbons (Fsp3) is 0.172. The molecule has 1 atom stereocenters. The Morgan fingerprint density at radius 1 is 0.950 bits per heavy atom. The molecule has 0 fully saturated rings. The number of carbonyl (C=O) groups is 3. The first-order valence-corrected chi connectivity index (χ1v) is 12.6. The van der Waals surface area contributed by atoms with Crippen molar-refractivity contribution in [2.75, 3.05) is 6.54 Å². The van der Waals surface area contributed by atoms with Gasteiger partial charge in [0.25, 0.3) is 5.91 Å². The number of aromatic carboxylic acids is 1. The number of benzene rings is 3. The predicted molar refractivity (Wildman–Crippen MR) is 145 cm³/mol. The summed E-state index contributed by atoms with van der Waals surface area (Å²) in [4.78, 5) is 37.9. The molecule has 0 aliphatic carbocycles. The van der Waals surface area contributed by atoms with Gasteiger partial charge in [-0.25, -0.2) is 14.0 Å². The number of rotatable bonds is 11. The summed E-state index contributed by atoms with van der Waals surface area (Å²) in [5, 5.41) is 33.0. The Labute approximate surface area is 233 Å². The number of hydrogen-bond donors (Lipinski definition) is 3. The second-order valence-corrected chi connectivity index (χ2v) is 9.45. The van der Waals surface area contributed by atoms with E-state index >= 15 is 0 Å². The fourth-order valence-electron chi connectivity index (χ4n) is 4.11. The number of aliphatic carboxylic acids is 1. The average molecular weight is 566 g/mol. The van der Waals surface area contributed by atoms with E-state index in [1.165, 1.54) is 11.0 Å². The molecule has 1 unspecified atom stereocenters. The summed E-state index contributed by atoms with van der Waals surface area (Å²) in [6, 6.07) is 21.8. The van der Waals surface area contributed by atoms with Crippen molar-refractivity contribution in [3.63, 3.8) is 0 Å². The number of aromatic nitrogens is 2. The largest absolute Gasteiger partial charge is 0.479 e. The molecule has 0 spiro atoms. The fourth-order valence-corrected chi connectivity index (χ4v) is 4.29. The standard InChI is InChI=1S/C29H25ClFN3O6/c30-23-11-10-22(31)14-21(23)17-34-25(28(37)38)15-24(32-34)27(36)33(13-12-26(35)29(39)40)16-18-6-8-20(9-7-18)19-4-2-1-3-5-19/h1-11,14-15,26,35H,12-13,16-17H2,(H,37,38)(H,39,40). The Kier molecular flexibility index (Phi) is 8.93. The zero-order valence-corrected chi connectivity index (χ0v) is 21.8. The first-order valence-electron chi connectivity index (χ1n) is 12.2. The van der Waals surface area contributed by atoms with E-state index in [2.05, 4.69) is 5.10 Å². The molecule has 206 valence electrons. The minimum Gasteiger partial charge on any atom is -0.479 e.